The van der Waals surface area contributed by atoms with Gasteiger partial charge in [-0.2, -0.15) is 0 Å². The molecule has 19 heavy (non-hydrogen) atoms. The van der Waals surface area contributed by atoms with Gasteiger partial charge >= 0.3 is 0 Å². The average molecular weight is 291 g/mol. The maximum absolute atomic E-state index is 12.6. The van der Waals surface area contributed by atoms with Gasteiger partial charge in [-0.15, -0.1) is 11.3 Å². The van der Waals surface area contributed by atoms with E-state index in [2.05, 4.69) is 0 Å². The summed E-state index contributed by atoms with van der Waals surface area (Å²) in [5.41, 5.74) is 0.966. The summed E-state index contributed by atoms with van der Waals surface area (Å²) in [6.07, 6.45) is 0. The summed E-state index contributed by atoms with van der Waals surface area (Å²) in [7, 11) is 1.60. The standard InChI is InChI=1S/C15H11ClO2S/c1-8-3-5-11(16)15-13(8)14(17)10-7-9(18-2)4-6-12(10)19-15/h3-7H,1-2H3. The van der Waals surface area contributed by atoms with Crippen molar-refractivity contribution in [2.75, 3.05) is 7.11 Å². The van der Waals surface area contributed by atoms with E-state index in [0.29, 0.717) is 21.5 Å². The van der Waals surface area contributed by atoms with Gasteiger partial charge in [0.15, 0.2) is 5.43 Å². The molecule has 1 aromatic heterocycles. The Labute approximate surface area is 119 Å². The fourth-order valence-corrected chi connectivity index (χ4v) is 3.60. The van der Waals surface area contributed by atoms with E-state index in [4.69, 9.17) is 16.3 Å². The van der Waals surface area contributed by atoms with Crippen LogP contribution < -0.4 is 10.2 Å². The third kappa shape index (κ3) is 1.90. The van der Waals surface area contributed by atoms with Crippen LogP contribution in [0.3, 0.4) is 0 Å². The number of benzene rings is 2. The van der Waals surface area contributed by atoms with Crippen LogP contribution in [0.2, 0.25) is 5.02 Å². The van der Waals surface area contributed by atoms with E-state index in [1.165, 1.54) is 11.3 Å². The van der Waals surface area contributed by atoms with Crippen molar-refractivity contribution in [2.45, 2.75) is 6.92 Å². The van der Waals surface area contributed by atoms with Crippen LogP contribution >= 0.6 is 22.9 Å². The smallest absolute Gasteiger partial charge is 0.196 e. The largest absolute Gasteiger partial charge is 0.497 e. The van der Waals surface area contributed by atoms with E-state index < -0.39 is 0 Å². The van der Waals surface area contributed by atoms with Crippen molar-refractivity contribution < 1.29 is 4.74 Å². The van der Waals surface area contributed by atoms with Crippen LogP contribution in [0.25, 0.3) is 20.2 Å². The normalized spacial score (nSPS) is 11.1. The first-order valence-electron chi connectivity index (χ1n) is 5.81. The summed E-state index contributed by atoms with van der Waals surface area (Å²) < 4.78 is 6.96. The molecular formula is C15H11ClO2S. The maximum Gasteiger partial charge on any atom is 0.196 e. The number of rotatable bonds is 1. The minimum absolute atomic E-state index is 0.0163. The molecule has 0 radical (unpaired) electrons. The predicted molar refractivity (Wildman–Crippen MR) is 81.9 cm³/mol. The molecule has 3 aromatic rings. The number of hydrogen-bond acceptors (Lipinski definition) is 3. The first-order chi connectivity index (χ1) is 9.11. The van der Waals surface area contributed by atoms with Crippen molar-refractivity contribution in [3.8, 4) is 5.75 Å². The van der Waals surface area contributed by atoms with Crippen molar-refractivity contribution in [3.63, 3.8) is 0 Å². The molecule has 2 aromatic carbocycles. The lowest BCUT2D eigenvalue weighted by molar-refractivity contribution is 0.415. The van der Waals surface area contributed by atoms with E-state index in [1.807, 2.05) is 31.2 Å². The molecule has 96 valence electrons. The number of ether oxygens (including phenoxy) is 1. The van der Waals surface area contributed by atoms with Crippen molar-refractivity contribution >= 4 is 43.1 Å². The lowest BCUT2D eigenvalue weighted by Crippen LogP contribution is -2.03. The highest BCUT2D eigenvalue weighted by Crippen LogP contribution is 2.33. The van der Waals surface area contributed by atoms with Gasteiger partial charge in [0, 0.05) is 15.5 Å². The minimum atomic E-state index is 0.0163. The number of halogens is 1. The molecule has 0 aliphatic heterocycles. The third-order valence-corrected chi connectivity index (χ3v) is 4.82. The Morgan fingerprint density at radius 3 is 2.74 bits per heavy atom. The molecule has 0 unspecified atom stereocenters. The van der Waals surface area contributed by atoms with Gasteiger partial charge in [-0.1, -0.05) is 17.7 Å². The van der Waals surface area contributed by atoms with Gasteiger partial charge < -0.3 is 4.74 Å². The van der Waals surface area contributed by atoms with Gasteiger partial charge in [0.25, 0.3) is 0 Å². The van der Waals surface area contributed by atoms with Crippen molar-refractivity contribution in [1.82, 2.24) is 0 Å². The molecule has 1 heterocycles. The van der Waals surface area contributed by atoms with E-state index in [0.717, 1.165) is 15.0 Å². The Morgan fingerprint density at radius 1 is 1.21 bits per heavy atom. The monoisotopic (exact) mass is 290 g/mol. The molecule has 0 aliphatic rings. The number of aryl methyl sites for hydroxylation is 1. The van der Waals surface area contributed by atoms with E-state index >= 15 is 0 Å². The molecule has 0 atom stereocenters. The van der Waals surface area contributed by atoms with E-state index in [-0.39, 0.29) is 5.43 Å². The molecule has 0 spiro atoms. The second-order valence-electron chi connectivity index (χ2n) is 4.36. The SMILES string of the molecule is COc1ccc2sc3c(Cl)ccc(C)c3c(=O)c2c1. The van der Waals surface area contributed by atoms with Crippen LogP contribution in [0.5, 0.6) is 5.75 Å². The molecule has 0 aliphatic carbocycles. The van der Waals surface area contributed by atoms with Crippen LogP contribution in [0, 0.1) is 6.92 Å². The quantitative estimate of drug-likeness (QED) is 0.622. The third-order valence-electron chi connectivity index (χ3n) is 3.19. The molecule has 3 rings (SSSR count). The van der Waals surface area contributed by atoms with Crippen LogP contribution in [0.4, 0.5) is 0 Å². The highest BCUT2D eigenvalue weighted by molar-refractivity contribution is 7.25. The molecule has 4 heteroatoms. The summed E-state index contributed by atoms with van der Waals surface area (Å²) in [6, 6.07) is 9.26. The zero-order chi connectivity index (χ0) is 13.6. The summed E-state index contributed by atoms with van der Waals surface area (Å²) in [5, 5.41) is 2.01. The molecule has 0 fully saturated rings. The molecular weight excluding hydrogens is 280 g/mol. The Bertz CT molecular complexity index is 852. The Morgan fingerprint density at radius 2 is 2.00 bits per heavy atom. The van der Waals surface area contributed by atoms with Crippen molar-refractivity contribution in [3.05, 3.63) is 51.1 Å². The first kappa shape index (κ1) is 12.5. The molecule has 0 amide bonds. The van der Waals surface area contributed by atoms with Crippen molar-refractivity contribution in [2.24, 2.45) is 0 Å². The second kappa shape index (κ2) is 4.51. The fourth-order valence-electron chi connectivity index (χ4n) is 2.18. The van der Waals surface area contributed by atoms with Crippen LogP contribution in [0.15, 0.2) is 35.1 Å². The lowest BCUT2D eigenvalue weighted by atomic mass is 10.1. The lowest BCUT2D eigenvalue weighted by Gasteiger charge is -2.06. The van der Waals surface area contributed by atoms with Crippen molar-refractivity contribution in [1.29, 1.82) is 0 Å². The summed E-state index contributed by atoms with van der Waals surface area (Å²) in [6.45, 7) is 1.93. The molecule has 0 N–H and O–H groups in total. The minimum Gasteiger partial charge on any atom is -0.497 e. The van der Waals surface area contributed by atoms with E-state index in [9.17, 15) is 4.79 Å². The van der Waals surface area contributed by atoms with Crippen LogP contribution in [0.1, 0.15) is 5.56 Å². The Balaban J connectivity index is 2.57. The van der Waals surface area contributed by atoms with Gasteiger partial charge in [0.2, 0.25) is 0 Å². The van der Waals surface area contributed by atoms with Crippen LogP contribution in [-0.4, -0.2) is 7.11 Å². The summed E-state index contributed by atoms with van der Waals surface area (Å²) in [5.74, 6) is 0.691. The maximum atomic E-state index is 12.6. The fraction of sp³-hybridized carbons (Fsp3) is 0.133. The van der Waals surface area contributed by atoms with Gasteiger partial charge in [-0.25, -0.2) is 0 Å². The Hall–Kier alpha value is -1.58. The van der Waals surface area contributed by atoms with Gasteiger partial charge in [-0.05, 0) is 36.8 Å². The number of fused-ring (bicyclic) bond motifs is 2. The molecule has 2 nitrogen and oxygen atoms in total. The molecule has 0 bridgehead atoms. The zero-order valence-electron chi connectivity index (χ0n) is 10.5. The highest BCUT2D eigenvalue weighted by atomic mass is 35.5. The average Bonchev–Trinajstić information content (AvgIpc) is 2.42. The molecule has 0 saturated carbocycles. The number of hydrogen-bond donors (Lipinski definition) is 0. The first-order valence-corrected chi connectivity index (χ1v) is 7.01. The highest BCUT2D eigenvalue weighted by Gasteiger charge is 2.11. The Kier molecular flexibility index (Phi) is 2.96. The second-order valence-corrected chi connectivity index (χ2v) is 5.82. The zero-order valence-corrected chi connectivity index (χ0v) is 12.1. The summed E-state index contributed by atoms with van der Waals surface area (Å²) >= 11 is 7.74. The summed E-state index contributed by atoms with van der Waals surface area (Å²) in [4.78, 5) is 12.6. The van der Waals surface area contributed by atoms with E-state index in [1.54, 1.807) is 13.2 Å². The van der Waals surface area contributed by atoms with Gasteiger partial charge in [0.05, 0.1) is 16.8 Å². The van der Waals surface area contributed by atoms with Gasteiger partial charge in [-0.3, -0.25) is 4.79 Å². The topological polar surface area (TPSA) is 26.3 Å². The van der Waals surface area contributed by atoms with Crippen LogP contribution in [-0.2, 0) is 0 Å². The predicted octanol–water partition coefficient (Wildman–Crippen LogP) is 4.39. The van der Waals surface area contributed by atoms with Gasteiger partial charge in [0.1, 0.15) is 5.75 Å². The number of methoxy groups -OCH3 is 1. The molecule has 0 saturated heterocycles.